The number of hydroxylamine groups is 2. The van der Waals surface area contributed by atoms with E-state index in [1.54, 1.807) is 13.8 Å². The van der Waals surface area contributed by atoms with Gasteiger partial charge in [-0.3, -0.25) is 10.0 Å². The Bertz CT molecular complexity index is 447. The Morgan fingerprint density at radius 3 is 2.56 bits per heavy atom. The molecule has 0 aliphatic heterocycles. The van der Waals surface area contributed by atoms with Crippen LogP contribution in [-0.2, 0) is 11.3 Å². The van der Waals surface area contributed by atoms with E-state index in [2.05, 4.69) is 0 Å². The summed E-state index contributed by atoms with van der Waals surface area (Å²) in [5.41, 5.74) is -0.795. The molecule has 0 atom stereocenters. The van der Waals surface area contributed by atoms with Gasteiger partial charge in [-0.15, -0.1) is 0 Å². The molecule has 18 heavy (non-hydrogen) atoms. The molecule has 0 radical (unpaired) electrons. The summed E-state index contributed by atoms with van der Waals surface area (Å²) in [6, 6.07) is 3.64. The maximum absolute atomic E-state index is 13.4. The minimum atomic E-state index is -1.04. The summed E-state index contributed by atoms with van der Waals surface area (Å²) in [6.45, 7) is 4.81. The quantitative estimate of drug-likeness (QED) is 0.665. The number of benzene rings is 1. The minimum absolute atomic E-state index is 0.0576. The third-order valence-electron chi connectivity index (χ3n) is 3.05. The van der Waals surface area contributed by atoms with Crippen LogP contribution >= 0.6 is 0 Å². The Kier molecular flexibility index (Phi) is 4.40. The summed E-state index contributed by atoms with van der Waals surface area (Å²) in [5, 5.41) is 10.1. The van der Waals surface area contributed by atoms with Crippen molar-refractivity contribution >= 4 is 5.91 Å². The first-order valence-corrected chi connectivity index (χ1v) is 5.73. The highest BCUT2D eigenvalue weighted by Crippen LogP contribution is 2.23. The maximum Gasteiger partial charge on any atom is 0.251 e. The van der Waals surface area contributed by atoms with Crippen LogP contribution in [0.5, 0.6) is 0 Å². The highest BCUT2D eigenvalue weighted by atomic mass is 19.2. The molecular formula is C13H17F2NO2. The van der Waals surface area contributed by atoms with E-state index in [1.165, 1.54) is 12.1 Å². The molecule has 100 valence electrons. The molecule has 0 saturated heterocycles. The molecule has 1 N–H and O–H groups in total. The van der Waals surface area contributed by atoms with Crippen LogP contribution < -0.4 is 0 Å². The number of amides is 1. The van der Waals surface area contributed by atoms with Crippen molar-refractivity contribution in [1.82, 2.24) is 5.06 Å². The molecule has 3 nitrogen and oxygen atoms in total. The second-order valence-corrected chi connectivity index (χ2v) is 4.81. The van der Waals surface area contributed by atoms with Gasteiger partial charge in [0.2, 0.25) is 0 Å². The Balaban J connectivity index is 2.85. The largest absolute Gasteiger partial charge is 0.286 e. The first-order valence-electron chi connectivity index (χ1n) is 5.73. The number of carbonyl (C=O) groups excluding carboxylic acids is 1. The van der Waals surface area contributed by atoms with Gasteiger partial charge in [0.15, 0.2) is 11.6 Å². The van der Waals surface area contributed by atoms with Gasteiger partial charge in [-0.05, 0) is 12.5 Å². The molecule has 0 aromatic heterocycles. The number of hydrogen-bond acceptors (Lipinski definition) is 2. The molecule has 0 unspecified atom stereocenters. The Morgan fingerprint density at radius 2 is 2.00 bits per heavy atom. The predicted molar refractivity (Wildman–Crippen MR) is 62.8 cm³/mol. The van der Waals surface area contributed by atoms with E-state index < -0.39 is 23.0 Å². The van der Waals surface area contributed by atoms with Gasteiger partial charge in [0, 0.05) is 11.0 Å². The number of hydrogen-bond donors (Lipinski definition) is 1. The van der Waals surface area contributed by atoms with Crippen molar-refractivity contribution in [3.8, 4) is 0 Å². The zero-order valence-corrected chi connectivity index (χ0v) is 10.7. The smallest absolute Gasteiger partial charge is 0.251 e. The number of halogens is 2. The zero-order chi connectivity index (χ0) is 13.9. The fourth-order valence-electron chi connectivity index (χ4n) is 1.40. The SMILES string of the molecule is CCC(C)(C)C(=O)N(O)Cc1cccc(F)c1F. The minimum Gasteiger partial charge on any atom is -0.286 e. The second-order valence-electron chi connectivity index (χ2n) is 4.81. The lowest BCUT2D eigenvalue weighted by Crippen LogP contribution is -2.38. The average Bonchev–Trinajstić information content (AvgIpc) is 2.33. The van der Waals surface area contributed by atoms with Crippen LogP contribution in [0.2, 0.25) is 0 Å². The van der Waals surface area contributed by atoms with Gasteiger partial charge in [0.25, 0.3) is 5.91 Å². The molecule has 0 fully saturated rings. The van der Waals surface area contributed by atoms with E-state index in [1.807, 2.05) is 6.92 Å². The lowest BCUT2D eigenvalue weighted by atomic mass is 9.89. The summed E-state index contributed by atoms with van der Waals surface area (Å²) in [7, 11) is 0. The van der Waals surface area contributed by atoms with Crippen molar-refractivity contribution in [2.24, 2.45) is 5.41 Å². The maximum atomic E-state index is 13.4. The van der Waals surface area contributed by atoms with E-state index in [0.717, 1.165) is 6.07 Å². The predicted octanol–water partition coefficient (Wildman–Crippen LogP) is 3.12. The van der Waals surface area contributed by atoms with Gasteiger partial charge >= 0.3 is 0 Å². The van der Waals surface area contributed by atoms with Crippen LogP contribution in [0.4, 0.5) is 8.78 Å². The first-order chi connectivity index (χ1) is 8.29. The van der Waals surface area contributed by atoms with E-state index in [4.69, 9.17) is 0 Å². The third kappa shape index (κ3) is 3.04. The van der Waals surface area contributed by atoms with Crippen molar-refractivity contribution in [2.75, 3.05) is 0 Å². The van der Waals surface area contributed by atoms with Gasteiger partial charge in [-0.1, -0.05) is 32.9 Å². The van der Waals surface area contributed by atoms with Crippen molar-refractivity contribution in [2.45, 2.75) is 33.7 Å². The fourth-order valence-corrected chi connectivity index (χ4v) is 1.40. The van der Waals surface area contributed by atoms with Gasteiger partial charge in [-0.25, -0.2) is 13.8 Å². The summed E-state index contributed by atoms with van der Waals surface area (Å²) >= 11 is 0. The summed E-state index contributed by atoms with van der Waals surface area (Å²) in [4.78, 5) is 11.9. The zero-order valence-electron chi connectivity index (χ0n) is 10.7. The van der Waals surface area contributed by atoms with Crippen molar-refractivity contribution in [1.29, 1.82) is 0 Å². The van der Waals surface area contributed by atoms with Crippen LogP contribution in [-0.4, -0.2) is 16.2 Å². The molecule has 1 amide bonds. The molecule has 5 heteroatoms. The van der Waals surface area contributed by atoms with E-state index in [9.17, 15) is 18.8 Å². The molecule has 0 saturated carbocycles. The Hall–Kier alpha value is -1.49. The van der Waals surface area contributed by atoms with Crippen LogP contribution in [0, 0.1) is 17.0 Å². The van der Waals surface area contributed by atoms with Crippen LogP contribution in [0.1, 0.15) is 32.8 Å². The summed E-state index contributed by atoms with van der Waals surface area (Å²) in [5.74, 6) is -2.56. The van der Waals surface area contributed by atoms with Gasteiger partial charge < -0.3 is 0 Å². The van der Waals surface area contributed by atoms with Crippen LogP contribution in [0.15, 0.2) is 18.2 Å². The number of rotatable bonds is 4. The van der Waals surface area contributed by atoms with Crippen molar-refractivity contribution in [3.63, 3.8) is 0 Å². The molecule has 0 heterocycles. The van der Waals surface area contributed by atoms with Crippen molar-refractivity contribution in [3.05, 3.63) is 35.4 Å². The summed E-state index contributed by atoms with van der Waals surface area (Å²) in [6.07, 6.45) is 0.536. The average molecular weight is 257 g/mol. The molecule has 0 bridgehead atoms. The standard InChI is InChI=1S/C13H17F2NO2/c1-4-13(2,3)12(17)16(18)8-9-6-5-7-10(14)11(9)15/h5-7,18H,4,8H2,1-3H3. The van der Waals surface area contributed by atoms with Crippen molar-refractivity contribution < 1.29 is 18.8 Å². The Labute approximate surface area is 105 Å². The van der Waals surface area contributed by atoms with Gasteiger partial charge in [0.05, 0.1) is 6.54 Å². The molecule has 1 rings (SSSR count). The molecule has 0 spiro atoms. The normalized spacial score (nSPS) is 11.4. The Morgan fingerprint density at radius 1 is 1.39 bits per heavy atom. The highest BCUT2D eigenvalue weighted by Gasteiger charge is 2.30. The second kappa shape index (κ2) is 5.44. The number of nitrogens with zero attached hydrogens (tertiary/aromatic N) is 1. The van der Waals surface area contributed by atoms with E-state index in [0.29, 0.717) is 11.5 Å². The van der Waals surface area contributed by atoms with Crippen LogP contribution in [0.25, 0.3) is 0 Å². The molecule has 1 aromatic carbocycles. The lowest BCUT2D eigenvalue weighted by molar-refractivity contribution is -0.178. The molecule has 0 aliphatic carbocycles. The summed E-state index contributed by atoms with van der Waals surface area (Å²) < 4.78 is 26.4. The molecule has 0 aliphatic rings. The fraction of sp³-hybridized carbons (Fsp3) is 0.462. The number of carbonyl (C=O) groups is 1. The first kappa shape index (κ1) is 14.6. The molecule has 1 aromatic rings. The lowest BCUT2D eigenvalue weighted by Gasteiger charge is -2.26. The van der Waals surface area contributed by atoms with Crippen LogP contribution in [0.3, 0.4) is 0 Å². The van der Waals surface area contributed by atoms with Gasteiger partial charge in [0.1, 0.15) is 0 Å². The molecular weight excluding hydrogens is 240 g/mol. The third-order valence-corrected chi connectivity index (χ3v) is 3.05. The highest BCUT2D eigenvalue weighted by molar-refractivity contribution is 5.80. The monoisotopic (exact) mass is 257 g/mol. The topological polar surface area (TPSA) is 40.5 Å². The van der Waals surface area contributed by atoms with Gasteiger partial charge in [-0.2, -0.15) is 0 Å². The van der Waals surface area contributed by atoms with E-state index >= 15 is 0 Å². The van der Waals surface area contributed by atoms with E-state index in [-0.39, 0.29) is 12.1 Å².